The number of hydrogen-bond acceptors (Lipinski definition) is 2. The summed E-state index contributed by atoms with van der Waals surface area (Å²) in [7, 11) is 0. The fourth-order valence-electron chi connectivity index (χ4n) is 2.48. The highest BCUT2D eigenvalue weighted by Gasteiger charge is 2.15. The highest BCUT2D eigenvalue weighted by Crippen LogP contribution is 2.30. The van der Waals surface area contributed by atoms with Gasteiger partial charge in [-0.15, -0.1) is 12.4 Å². The standard InChI is InChI=1S/C18H19Cl2NO2.ClH/c1-11(18(22)23)8-15(21)9-12-2-4-13(5-3-12)16-10-14(19)6-7-17(16)20;/h2-7,10-11,15H,8-9,21H2,1H3,(H,22,23);1H. The highest BCUT2D eigenvalue weighted by molar-refractivity contribution is 6.35. The minimum atomic E-state index is -0.814. The molecule has 0 aliphatic carbocycles. The number of rotatable bonds is 6. The SMILES string of the molecule is CC(CC(N)Cc1ccc(-c2cc(Cl)ccc2Cl)cc1)C(=O)O.Cl. The van der Waals surface area contributed by atoms with E-state index in [0.717, 1.165) is 16.7 Å². The fourth-order valence-corrected chi connectivity index (χ4v) is 2.88. The molecule has 2 aromatic carbocycles. The number of hydrogen-bond donors (Lipinski definition) is 2. The van der Waals surface area contributed by atoms with Crippen molar-refractivity contribution in [1.29, 1.82) is 0 Å². The second-order valence-electron chi connectivity index (χ2n) is 5.76. The number of halogens is 3. The Hall–Kier alpha value is -1.26. The lowest BCUT2D eigenvalue weighted by atomic mass is 9.95. The van der Waals surface area contributed by atoms with E-state index in [9.17, 15) is 4.79 Å². The molecule has 0 heterocycles. The van der Waals surface area contributed by atoms with E-state index in [2.05, 4.69) is 0 Å². The number of aliphatic carboxylic acids is 1. The van der Waals surface area contributed by atoms with Gasteiger partial charge in [-0.1, -0.05) is 54.4 Å². The van der Waals surface area contributed by atoms with E-state index in [0.29, 0.717) is 22.9 Å². The first-order valence-corrected chi connectivity index (χ1v) is 8.15. The van der Waals surface area contributed by atoms with Crippen LogP contribution in [0.3, 0.4) is 0 Å². The molecule has 2 rings (SSSR count). The predicted octanol–water partition coefficient (Wildman–Crippen LogP) is 5.06. The molecule has 0 aliphatic heterocycles. The molecule has 24 heavy (non-hydrogen) atoms. The van der Waals surface area contributed by atoms with Crippen LogP contribution >= 0.6 is 35.6 Å². The lowest BCUT2D eigenvalue weighted by Crippen LogP contribution is -2.28. The summed E-state index contributed by atoms with van der Waals surface area (Å²) < 4.78 is 0. The molecular formula is C18H20Cl3NO2. The Kier molecular flexibility index (Phi) is 8.04. The molecule has 0 aromatic heterocycles. The zero-order valence-electron chi connectivity index (χ0n) is 13.2. The normalized spacial score (nSPS) is 13.0. The van der Waals surface area contributed by atoms with Crippen LogP contribution in [0.2, 0.25) is 10.0 Å². The number of carbonyl (C=O) groups is 1. The van der Waals surface area contributed by atoms with Gasteiger partial charge in [0.05, 0.1) is 5.92 Å². The first-order valence-electron chi connectivity index (χ1n) is 7.39. The van der Waals surface area contributed by atoms with Crippen molar-refractivity contribution in [2.75, 3.05) is 0 Å². The van der Waals surface area contributed by atoms with Crippen LogP contribution < -0.4 is 5.73 Å². The molecule has 0 saturated heterocycles. The van der Waals surface area contributed by atoms with E-state index >= 15 is 0 Å². The van der Waals surface area contributed by atoms with Crippen LogP contribution in [-0.4, -0.2) is 17.1 Å². The van der Waals surface area contributed by atoms with Gasteiger partial charge < -0.3 is 10.8 Å². The first-order chi connectivity index (χ1) is 10.9. The highest BCUT2D eigenvalue weighted by atomic mass is 35.5. The summed E-state index contributed by atoms with van der Waals surface area (Å²) in [6.07, 6.45) is 1.10. The van der Waals surface area contributed by atoms with E-state index in [4.69, 9.17) is 34.0 Å². The number of benzene rings is 2. The Bertz CT molecular complexity index is 689. The van der Waals surface area contributed by atoms with Crippen molar-refractivity contribution in [3.05, 3.63) is 58.1 Å². The maximum Gasteiger partial charge on any atom is 0.306 e. The minimum absolute atomic E-state index is 0. The molecule has 0 aliphatic rings. The smallest absolute Gasteiger partial charge is 0.306 e. The van der Waals surface area contributed by atoms with Crippen molar-refractivity contribution < 1.29 is 9.90 Å². The van der Waals surface area contributed by atoms with Crippen LogP contribution in [0.4, 0.5) is 0 Å². The molecule has 0 saturated carbocycles. The van der Waals surface area contributed by atoms with E-state index in [1.165, 1.54) is 0 Å². The van der Waals surface area contributed by atoms with Gasteiger partial charge in [-0.25, -0.2) is 0 Å². The summed E-state index contributed by atoms with van der Waals surface area (Å²) >= 11 is 12.2. The summed E-state index contributed by atoms with van der Waals surface area (Å²) in [5.74, 6) is -1.25. The molecule has 2 unspecified atom stereocenters. The molecule has 3 nitrogen and oxygen atoms in total. The van der Waals surface area contributed by atoms with Crippen molar-refractivity contribution in [1.82, 2.24) is 0 Å². The molecule has 6 heteroatoms. The van der Waals surface area contributed by atoms with E-state index < -0.39 is 11.9 Å². The molecule has 0 spiro atoms. The first kappa shape index (κ1) is 20.8. The molecule has 3 N–H and O–H groups in total. The Morgan fingerprint density at radius 2 is 1.79 bits per heavy atom. The average molecular weight is 389 g/mol. The van der Waals surface area contributed by atoms with E-state index in [1.807, 2.05) is 30.3 Å². The Morgan fingerprint density at radius 3 is 2.38 bits per heavy atom. The predicted molar refractivity (Wildman–Crippen MR) is 102 cm³/mol. The molecule has 2 aromatic rings. The second kappa shape index (κ2) is 9.28. The third-order valence-electron chi connectivity index (χ3n) is 3.77. The molecule has 130 valence electrons. The van der Waals surface area contributed by atoms with E-state index in [1.54, 1.807) is 19.1 Å². The summed E-state index contributed by atoms with van der Waals surface area (Å²) in [6, 6.07) is 13.1. The summed E-state index contributed by atoms with van der Waals surface area (Å²) in [5.41, 5.74) is 8.97. The monoisotopic (exact) mass is 387 g/mol. The third-order valence-corrected chi connectivity index (χ3v) is 4.33. The molecular weight excluding hydrogens is 369 g/mol. The van der Waals surface area contributed by atoms with Crippen molar-refractivity contribution in [3.63, 3.8) is 0 Å². The van der Waals surface area contributed by atoms with Crippen LogP contribution in [0, 0.1) is 5.92 Å². The summed E-state index contributed by atoms with van der Waals surface area (Å²) in [4.78, 5) is 10.9. The average Bonchev–Trinajstić information content (AvgIpc) is 2.50. The van der Waals surface area contributed by atoms with Crippen LogP contribution in [0.25, 0.3) is 11.1 Å². The second-order valence-corrected chi connectivity index (χ2v) is 6.60. The maximum atomic E-state index is 10.9. The number of carboxylic acid groups (broad SMARTS) is 1. The topological polar surface area (TPSA) is 63.3 Å². The molecule has 2 atom stereocenters. The van der Waals surface area contributed by atoms with Gasteiger partial charge in [0.25, 0.3) is 0 Å². The van der Waals surface area contributed by atoms with Crippen LogP contribution in [-0.2, 0) is 11.2 Å². The van der Waals surface area contributed by atoms with Gasteiger partial charge in [-0.3, -0.25) is 4.79 Å². The van der Waals surface area contributed by atoms with Gasteiger partial charge >= 0.3 is 5.97 Å². The summed E-state index contributed by atoms with van der Waals surface area (Å²) in [6.45, 7) is 1.67. The third kappa shape index (κ3) is 5.67. The lowest BCUT2D eigenvalue weighted by molar-refractivity contribution is -0.141. The zero-order chi connectivity index (χ0) is 17.0. The Balaban J connectivity index is 0.00000288. The fraction of sp³-hybridized carbons (Fsp3) is 0.278. The van der Waals surface area contributed by atoms with Gasteiger partial charge in [0.2, 0.25) is 0 Å². The van der Waals surface area contributed by atoms with Crippen molar-refractivity contribution in [3.8, 4) is 11.1 Å². The Labute approximate surface area is 158 Å². The van der Waals surface area contributed by atoms with Gasteiger partial charge in [0, 0.05) is 21.7 Å². The largest absolute Gasteiger partial charge is 0.481 e. The van der Waals surface area contributed by atoms with Crippen LogP contribution in [0.5, 0.6) is 0 Å². The maximum absolute atomic E-state index is 10.9. The number of nitrogens with two attached hydrogens (primary N) is 1. The van der Waals surface area contributed by atoms with Gasteiger partial charge in [0.1, 0.15) is 0 Å². The van der Waals surface area contributed by atoms with Crippen LogP contribution in [0.15, 0.2) is 42.5 Å². The molecule has 0 fully saturated rings. The molecule has 0 amide bonds. The van der Waals surface area contributed by atoms with Crippen molar-refractivity contribution in [2.24, 2.45) is 11.7 Å². The molecule has 0 radical (unpaired) electrons. The zero-order valence-corrected chi connectivity index (χ0v) is 15.5. The van der Waals surface area contributed by atoms with Crippen LogP contribution in [0.1, 0.15) is 18.9 Å². The lowest BCUT2D eigenvalue weighted by Gasteiger charge is -2.14. The Morgan fingerprint density at radius 1 is 1.17 bits per heavy atom. The van der Waals surface area contributed by atoms with E-state index in [-0.39, 0.29) is 18.4 Å². The number of carboxylic acids is 1. The minimum Gasteiger partial charge on any atom is -0.481 e. The quantitative estimate of drug-likeness (QED) is 0.726. The van der Waals surface area contributed by atoms with Crippen molar-refractivity contribution in [2.45, 2.75) is 25.8 Å². The summed E-state index contributed by atoms with van der Waals surface area (Å²) in [5, 5.41) is 10.2. The van der Waals surface area contributed by atoms with Gasteiger partial charge in [-0.2, -0.15) is 0 Å². The van der Waals surface area contributed by atoms with Gasteiger partial charge in [-0.05, 0) is 42.2 Å². The molecule has 0 bridgehead atoms. The van der Waals surface area contributed by atoms with Gasteiger partial charge in [0.15, 0.2) is 0 Å². The van der Waals surface area contributed by atoms with Crippen molar-refractivity contribution >= 4 is 41.6 Å².